The van der Waals surface area contributed by atoms with Crippen molar-refractivity contribution in [3.63, 3.8) is 0 Å². The van der Waals surface area contributed by atoms with Gasteiger partial charge in [-0.25, -0.2) is 9.78 Å². The molecule has 0 aliphatic rings. The Morgan fingerprint density at radius 2 is 2.18 bits per heavy atom. The first-order valence-corrected chi connectivity index (χ1v) is 8.27. The Balaban J connectivity index is 1.97. The summed E-state index contributed by atoms with van der Waals surface area (Å²) < 4.78 is 6.27. The van der Waals surface area contributed by atoms with Crippen molar-refractivity contribution in [3.8, 4) is 0 Å². The van der Waals surface area contributed by atoms with Crippen molar-refractivity contribution in [2.45, 2.75) is 39.3 Å². The molecular formula is C15H20ClN3O2S. The zero-order valence-electron chi connectivity index (χ0n) is 13.1. The minimum atomic E-state index is -0.504. The van der Waals surface area contributed by atoms with Gasteiger partial charge in [-0.1, -0.05) is 11.6 Å². The predicted molar refractivity (Wildman–Crippen MR) is 92.0 cm³/mol. The van der Waals surface area contributed by atoms with Crippen molar-refractivity contribution in [2.75, 3.05) is 11.9 Å². The number of hydrogen-bond acceptors (Lipinski definition) is 5. The molecule has 22 heavy (non-hydrogen) atoms. The lowest BCUT2D eigenvalue weighted by molar-refractivity contribution is 0.0526. The summed E-state index contributed by atoms with van der Waals surface area (Å²) in [7, 11) is 0. The summed E-state index contributed by atoms with van der Waals surface area (Å²) in [6.07, 6.45) is -0.431. The monoisotopic (exact) mass is 341 g/mol. The third-order valence-corrected chi connectivity index (χ3v) is 3.90. The molecule has 1 heterocycles. The number of aromatic nitrogens is 1. The molecule has 7 heteroatoms. The molecule has 0 saturated carbocycles. The van der Waals surface area contributed by atoms with Gasteiger partial charge in [-0.15, -0.1) is 11.3 Å². The van der Waals surface area contributed by atoms with Crippen molar-refractivity contribution < 1.29 is 9.53 Å². The van der Waals surface area contributed by atoms with Crippen molar-refractivity contribution in [2.24, 2.45) is 0 Å². The quantitative estimate of drug-likeness (QED) is 0.871. The Kier molecular flexibility index (Phi) is 5.13. The lowest BCUT2D eigenvalue weighted by atomic mass is 10.2. The molecular weight excluding hydrogens is 322 g/mol. The molecule has 1 atom stereocenters. The molecule has 0 bridgehead atoms. The zero-order chi connectivity index (χ0) is 16.3. The number of alkyl carbamates (subject to hydrolysis) is 1. The minimum Gasteiger partial charge on any atom is -0.444 e. The third-order valence-electron chi connectivity index (χ3n) is 2.79. The number of ether oxygens (including phenoxy) is 1. The maximum atomic E-state index is 11.7. The number of nitrogens with zero attached hydrogens (tertiary/aromatic N) is 1. The highest BCUT2D eigenvalue weighted by Gasteiger charge is 2.17. The number of carbonyl (C=O) groups is 1. The van der Waals surface area contributed by atoms with Crippen LogP contribution in [0.4, 0.5) is 10.5 Å². The second-order valence-corrected chi connectivity index (χ2v) is 7.34. The molecule has 1 aromatic carbocycles. The summed E-state index contributed by atoms with van der Waals surface area (Å²) in [5.41, 5.74) is 2.92. The van der Waals surface area contributed by atoms with Crippen molar-refractivity contribution in [1.82, 2.24) is 10.3 Å². The normalized spacial score (nSPS) is 13.0. The summed E-state index contributed by atoms with van der Waals surface area (Å²) in [6, 6.07) is 3.78. The topological polar surface area (TPSA) is 63.2 Å². The van der Waals surface area contributed by atoms with Gasteiger partial charge in [0.25, 0.3) is 0 Å². The van der Waals surface area contributed by atoms with Crippen LogP contribution in [0.15, 0.2) is 17.6 Å². The van der Waals surface area contributed by atoms with Gasteiger partial charge < -0.3 is 15.4 Å². The maximum absolute atomic E-state index is 11.7. The number of anilines is 1. The standard InChI is InChI=1S/C15H20ClN3O2S/c1-9(7-17-14(20)21-15(2,3)4)19-12-10(16)5-6-11-13(12)18-8-22-11/h5-6,8-9,19H,7H2,1-4H3,(H,17,20). The van der Waals surface area contributed by atoms with Gasteiger partial charge in [0.15, 0.2) is 0 Å². The van der Waals surface area contributed by atoms with E-state index in [1.165, 1.54) is 0 Å². The number of hydrogen-bond donors (Lipinski definition) is 2. The van der Waals surface area contributed by atoms with Crippen LogP contribution in [-0.4, -0.2) is 29.3 Å². The molecule has 1 aromatic heterocycles. The van der Waals surface area contributed by atoms with Gasteiger partial charge in [-0.2, -0.15) is 0 Å². The van der Waals surface area contributed by atoms with Crippen LogP contribution in [0.2, 0.25) is 5.02 Å². The Bertz CT molecular complexity index is 666. The number of rotatable bonds is 4. The number of nitrogens with one attached hydrogen (secondary N) is 2. The van der Waals surface area contributed by atoms with Gasteiger partial charge >= 0.3 is 6.09 Å². The highest BCUT2D eigenvalue weighted by molar-refractivity contribution is 7.16. The zero-order valence-corrected chi connectivity index (χ0v) is 14.6. The van der Waals surface area contributed by atoms with E-state index in [1.807, 2.05) is 39.8 Å². The van der Waals surface area contributed by atoms with E-state index in [9.17, 15) is 4.79 Å². The number of halogens is 1. The third kappa shape index (κ3) is 4.48. The molecule has 0 aliphatic heterocycles. The molecule has 120 valence electrons. The van der Waals surface area contributed by atoms with Crippen molar-refractivity contribution in [3.05, 3.63) is 22.7 Å². The van der Waals surface area contributed by atoms with E-state index in [4.69, 9.17) is 16.3 Å². The van der Waals surface area contributed by atoms with E-state index in [0.29, 0.717) is 11.6 Å². The van der Waals surface area contributed by atoms with Crippen LogP contribution >= 0.6 is 22.9 Å². The molecule has 0 radical (unpaired) electrons. The summed E-state index contributed by atoms with van der Waals surface area (Å²) >= 11 is 7.81. The van der Waals surface area contributed by atoms with Gasteiger partial charge in [0.05, 0.1) is 20.9 Å². The second kappa shape index (κ2) is 6.71. The average Bonchev–Trinajstić information content (AvgIpc) is 2.86. The molecule has 2 aromatic rings. The lowest BCUT2D eigenvalue weighted by Crippen LogP contribution is -2.38. The molecule has 0 aliphatic carbocycles. The van der Waals surface area contributed by atoms with E-state index in [1.54, 1.807) is 16.8 Å². The summed E-state index contributed by atoms with van der Waals surface area (Å²) in [6.45, 7) is 7.87. The first-order chi connectivity index (χ1) is 10.3. The predicted octanol–water partition coefficient (Wildman–Crippen LogP) is 4.27. The van der Waals surface area contributed by atoms with Crippen LogP contribution in [0.5, 0.6) is 0 Å². The van der Waals surface area contributed by atoms with Gasteiger partial charge in [-0.05, 0) is 39.8 Å². The SMILES string of the molecule is CC(CNC(=O)OC(C)(C)C)Nc1c(Cl)ccc2scnc12. The van der Waals surface area contributed by atoms with E-state index in [-0.39, 0.29) is 6.04 Å². The van der Waals surface area contributed by atoms with Crippen LogP contribution in [0.25, 0.3) is 10.2 Å². The Morgan fingerprint density at radius 3 is 2.86 bits per heavy atom. The lowest BCUT2D eigenvalue weighted by Gasteiger charge is -2.21. The van der Waals surface area contributed by atoms with Crippen LogP contribution in [-0.2, 0) is 4.74 Å². The summed E-state index contributed by atoms with van der Waals surface area (Å²) in [4.78, 5) is 16.0. The van der Waals surface area contributed by atoms with E-state index < -0.39 is 11.7 Å². The van der Waals surface area contributed by atoms with Crippen molar-refractivity contribution in [1.29, 1.82) is 0 Å². The van der Waals surface area contributed by atoms with Crippen LogP contribution in [0.1, 0.15) is 27.7 Å². The molecule has 1 amide bonds. The minimum absolute atomic E-state index is 0.0164. The number of amides is 1. The first-order valence-electron chi connectivity index (χ1n) is 7.01. The number of thiazole rings is 1. The number of fused-ring (bicyclic) bond motifs is 1. The molecule has 1 unspecified atom stereocenters. The van der Waals surface area contributed by atoms with Crippen LogP contribution in [0, 0.1) is 0 Å². The molecule has 0 saturated heterocycles. The van der Waals surface area contributed by atoms with Gasteiger partial charge in [0, 0.05) is 12.6 Å². The average molecular weight is 342 g/mol. The van der Waals surface area contributed by atoms with Gasteiger partial charge in [0.1, 0.15) is 11.1 Å². The fourth-order valence-electron chi connectivity index (χ4n) is 1.89. The van der Waals surface area contributed by atoms with E-state index >= 15 is 0 Å². The smallest absolute Gasteiger partial charge is 0.407 e. The van der Waals surface area contributed by atoms with Crippen molar-refractivity contribution >= 4 is 44.9 Å². The fraction of sp³-hybridized carbons (Fsp3) is 0.467. The first kappa shape index (κ1) is 16.8. The largest absolute Gasteiger partial charge is 0.444 e. The molecule has 0 spiro atoms. The molecule has 5 nitrogen and oxygen atoms in total. The van der Waals surface area contributed by atoms with Crippen LogP contribution in [0.3, 0.4) is 0 Å². The summed E-state index contributed by atoms with van der Waals surface area (Å²) in [5, 5.41) is 6.65. The number of benzene rings is 1. The number of carbonyl (C=O) groups excluding carboxylic acids is 1. The fourth-order valence-corrected chi connectivity index (χ4v) is 2.78. The van der Waals surface area contributed by atoms with Gasteiger partial charge in [-0.3, -0.25) is 0 Å². The Morgan fingerprint density at radius 1 is 1.45 bits per heavy atom. The highest BCUT2D eigenvalue weighted by atomic mass is 35.5. The molecule has 2 N–H and O–H groups in total. The second-order valence-electron chi connectivity index (χ2n) is 6.05. The van der Waals surface area contributed by atoms with E-state index in [0.717, 1.165) is 15.9 Å². The van der Waals surface area contributed by atoms with Crippen LogP contribution < -0.4 is 10.6 Å². The summed E-state index contributed by atoms with van der Waals surface area (Å²) in [5.74, 6) is 0. The molecule has 0 fully saturated rings. The Labute approximate surface area is 139 Å². The maximum Gasteiger partial charge on any atom is 0.407 e. The Hall–Kier alpha value is -1.53. The van der Waals surface area contributed by atoms with E-state index in [2.05, 4.69) is 15.6 Å². The highest BCUT2D eigenvalue weighted by Crippen LogP contribution is 2.32. The molecule has 2 rings (SSSR count). The van der Waals surface area contributed by atoms with Gasteiger partial charge in [0.2, 0.25) is 0 Å².